The highest BCUT2D eigenvalue weighted by molar-refractivity contribution is 6.02. The first-order chi connectivity index (χ1) is 9.18. The van der Waals surface area contributed by atoms with Gasteiger partial charge in [0.2, 0.25) is 11.5 Å². The SMILES string of the molecule is CC1=C[C@]2(O)C(OC(C)C)=C(OC(C)C)C(=O)[C@@H]2[C@H]1C. The minimum Gasteiger partial charge on any atom is -0.488 e. The van der Waals surface area contributed by atoms with Crippen LogP contribution in [-0.4, -0.2) is 28.7 Å². The van der Waals surface area contributed by atoms with Gasteiger partial charge in [0.05, 0.1) is 18.1 Å². The lowest BCUT2D eigenvalue weighted by Gasteiger charge is -2.26. The molecule has 0 aromatic rings. The average molecular weight is 280 g/mol. The summed E-state index contributed by atoms with van der Waals surface area (Å²) in [6, 6.07) is 0. The second-order valence-electron chi connectivity index (χ2n) is 6.34. The molecule has 0 unspecified atom stereocenters. The van der Waals surface area contributed by atoms with Gasteiger partial charge in [0, 0.05) is 0 Å². The third-order valence-electron chi connectivity index (χ3n) is 3.92. The van der Waals surface area contributed by atoms with E-state index in [1.807, 2.05) is 41.5 Å². The number of Topliss-reactive ketones (excluding diaryl/α,β-unsaturated/α-hetero) is 1. The summed E-state index contributed by atoms with van der Waals surface area (Å²) in [7, 11) is 0. The van der Waals surface area contributed by atoms with Gasteiger partial charge in [0.1, 0.15) is 0 Å². The molecule has 1 N–H and O–H groups in total. The molecule has 0 amide bonds. The van der Waals surface area contributed by atoms with E-state index >= 15 is 0 Å². The van der Waals surface area contributed by atoms with Crippen molar-refractivity contribution in [2.75, 3.05) is 0 Å². The van der Waals surface area contributed by atoms with Crippen LogP contribution >= 0.6 is 0 Å². The maximum Gasteiger partial charge on any atom is 0.208 e. The van der Waals surface area contributed by atoms with Gasteiger partial charge in [0.15, 0.2) is 11.4 Å². The second kappa shape index (κ2) is 4.92. The standard InChI is InChI=1S/C16H24O4/c1-8(2)19-14-13(17)12-11(6)10(5)7-16(12,18)15(14)20-9(3)4/h7-9,11-12,18H,1-6H3/t11-,12-,16+/m0/s1. The van der Waals surface area contributed by atoms with Crippen LogP contribution in [0.3, 0.4) is 0 Å². The maximum absolute atomic E-state index is 12.6. The molecule has 0 spiro atoms. The lowest BCUT2D eigenvalue weighted by atomic mass is 9.85. The average Bonchev–Trinajstić information content (AvgIpc) is 2.63. The molecule has 2 aliphatic rings. The van der Waals surface area contributed by atoms with Gasteiger partial charge in [-0.2, -0.15) is 0 Å². The number of ether oxygens (including phenoxy) is 2. The highest BCUT2D eigenvalue weighted by Crippen LogP contribution is 2.51. The molecule has 0 bridgehead atoms. The molecule has 0 heterocycles. The normalized spacial score (nSPS) is 33.0. The predicted octanol–water partition coefficient (Wildman–Crippen LogP) is 2.57. The number of rotatable bonds is 4. The number of hydrogen-bond donors (Lipinski definition) is 1. The monoisotopic (exact) mass is 280 g/mol. The van der Waals surface area contributed by atoms with E-state index in [9.17, 15) is 9.90 Å². The second-order valence-corrected chi connectivity index (χ2v) is 6.34. The minimum atomic E-state index is -1.35. The fourth-order valence-electron chi connectivity index (χ4n) is 3.01. The Bertz CT molecular complexity index is 487. The molecular weight excluding hydrogens is 256 g/mol. The van der Waals surface area contributed by atoms with Crippen molar-refractivity contribution in [1.82, 2.24) is 0 Å². The molecule has 0 aromatic carbocycles. The van der Waals surface area contributed by atoms with Crippen molar-refractivity contribution in [3.05, 3.63) is 23.2 Å². The first kappa shape index (κ1) is 15.1. The van der Waals surface area contributed by atoms with E-state index in [1.165, 1.54) is 0 Å². The largest absolute Gasteiger partial charge is 0.488 e. The summed E-state index contributed by atoms with van der Waals surface area (Å²) in [6.07, 6.45) is 1.48. The van der Waals surface area contributed by atoms with E-state index in [2.05, 4.69) is 0 Å². The van der Waals surface area contributed by atoms with Gasteiger partial charge >= 0.3 is 0 Å². The van der Waals surface area contributed by atoms with Gasteiger partial charge in [-0.3, -0.25) is 4.79 Å². The van der Waals surface area contributed by atoms with Gasteiger partial charge < -0.3 is 14.6 Å². The summed E-state index contributed by atoms with van der Waals surface area (Å²) in [5.41, 5.74) is -0.339. The molecule has 4 heteroatoms. The number of allylic oxidation sites excluding steroid dienone is 2. The Balaban J connectivity index is 2.51. The van der Waals surface area contributed by atoms with Crippen molar-refractivity contribution in [2.45, 2.75) is 59.4 Å². The summed E-state index contributed by atoms with van der Waals surface area (Å²) in [6.45, 7) is 11.3. The number of ketones is 1. The quantitative estimate of drug-likeness (QED) is 0.804. The molecule has 3 atom stereocenters. The van der Waals surface area contributed by atoms with E-state index < -0.39 is 11.5 Å². The smallest absolute Gasteiger partial charge is 0.208 e. The van der Waals surface area contributed by atoms with Gasteiger partial charge in [-0.15, -0.1) is 0 Å². The lowest BCUT2D eigenvalue weighted by molar-refractivity contribution is -0.126. The van der Waals surface area contributed by atoms with Crippen molar-refractivity contribution in [3.8, 4) is 0 Å². The van der Waals surface area contributed by atoms with Crippen LogP contribution < -0.4 is 0 Å². The van der Waals surface area contributed by atoms with E-state index in [4.69, 9.17) is 9.47 Å². The fraction of sp³-hybridized carbons (Fsp3) is 0.688. The zero-order chi connectivity index (χ0) is 15.2. The van der Waals surface area contributed by atoms with Crippen molar-refractivity contribution in [3.63, 3.8) is 0 Å². The molecule has 0 saturated heterocycles. The number of hydrogen-bond acceptors (Lipinski definition) is 4. The lowest BCUT2D eigenvalue weighted by Crippen LogP contribution is -2.37. The van der Waals surface area contributed by atoms with Crippen molar-refractivity contribution < 1.29 is 19.4 Å². The van der Waals surface area contributed by atoms with Gasteiger partial charge in [-0.05, 0) is 46.6 Å². The zero-order valence-corrected chi connectivity index (χ0v) is 13.1. The Labute approximate surface area is 120 Å². The van der Waals surface area contributed by atoms with E-state index in [-0.39, 0.29) is 35.4 Å². The minimum absolute atomic E-state index is 0.00785. The van der Waals surface area contributed by atoms with Crippen molar-refractivity contribution in [2.24, 2.45) is 11.8 Å². The Morgan fingerprint density at radius 3 is 2.25 bits per heavy atom. The molecule has 0 fully saturated rings. The first-order valence-corrected chi connectivity index (χ1v) is 7.22. The van der Waals surface area contributed by atoms with E-state index in [0.717, 1.165) is 5.57 Å². The summed E-state index contributed by atoms with van der Waals surface area (Å²) in [5, 5.41) is 11.0. The van der Waals surface area contributed by atoms with Gasteiger partial charge in [-0.25, -0.2) is 0 Å². The highest BCUT2D eigenvalue weighted by atomic mass is 16.5. The predicted molar refractivity (Wildman–Crippen MR) is 75.8 cm³/mol. The van der Waals surface area contributed by atoms with E-state index in [1.54, 1.807) is 6.08 Å². The van der Waals surface area contributed by atoms with Crippen LogP contribution in [-0.2, 0) is 14.3 Å². The van der Waals surface area contributed by atoms with Crippen LogP contribution in [0, 0.1) is 11.8 Å². The Hall–Kier alpha value is -1.29. The third-order valence-corrected chi connectivity index (χ3v) is 3.92. The van der Waals surface area contributed by atoms with Crippen LogP contribution in [0.4, 0.5) is 0 Å². The van der Waals surface area contributed by atoms with Crippen LogP contribution in [0.15, 0.2) is 23.2 Å². The summed E-state index contributed by atoms with van der Waals surface area (Å²) < 4.78 is 11.4. The van der Waals surface area contributed by atoms with Crippen LogP contribution in [0.5, 0.6) is 0 Å². The molecule has 0 saturated carbocycles. The molecule has 2 rings (SSSR count). The van der Waals surface area contributed by atoms with Crippen molar-refractivity contribution in [1.29, 1.82) is 0 Å². The highest BCUT2D eigenvalue weighted by Gasteiger charge is 2.60. The third kappa shape index (κ3) is 2.16. The van der Waals surface area contributed by atoms with Gasteiger partial charge in [0.25, 0.3) is 0 Å². The Morgan fingerprint density at radius 2 is 1.75 bits per heavy atom. The first-order valence-electron chi connectivity index (χ1n) is 7.22. The number of fused-ring (bicyclic) bond motifs is 1. The van der Waals surface area contributed by atoms with Crippen LogP contribution in [0.2, 0.25) is 0 Å². The molecule has 0 aromatic heterocycles. The molecule has 4 nitrogen and oxygen atoms in total. The maximum atomic E-state index is 12.6. The molecule has 2 aliphatic carbocycles. The molecule has 20 heavy (non-hydrogen) atoms. The molecule has 112 valence electrons. The van der Waals surface area contributed by atoms with E-state index in [0.29, 0.717) is 0 Å². The molecule has 0 radical (unpaired) electrons. The summed E-state index contributed by atoms with van der Waals surface area (Å²) in [5.74, 6) is -0.217. The van der Waals surface area contributed by atoms with Crippen LogP contribution in [0.1, 0.15) is 41.5 Å². The molecule has 0 aliphatic heterocycles. The summed E-state index contributed by atoms with van der Waals surface area (Å²) >= 11 is 0. The number of aliphatic hydroxyl groups is 1. The topological polar surface area (TPSA) is 55.8 Å². The molecular formula is C16H24O4. The fourth-order valence-corrected chi connectivity index (χ4v) is 3.01. The number of carbonyl (C=O) groups excluding carboxylic acids is 1. The van der Waals surface area contributed by atoms with Crippen molar-refractivity contribution >= 4 is 5.78 Å². The number of carbonyl (C=O) groups is 1. The Morgan fingerprint density at radius 1 is 1.20 bits per heavy atom. The van der Waals surface area contributed by atoms with Crippen LogP contribution in [0.25, 0.3) is 0 Å². The summed E-state index contributed by atoms with van der Waals surface area (Å²) in [4.78, 5) is 12.6. The Kier molecular flexibility index (Phi) is 3.71. The zero-order valence-electron chi connectivity index (χ0n) is 13.1. The van der Waals surface area contributed by atoms with Gasteiger partial charge in [-0.1, -0.05) is 12.5 Å².